The Labute approximate surface area is 142 Å². The highest BCUT2D eigenvalue weighted by molar-refractivity contribution is 5.88. The van der Waals surface area contributed by atoms with Crippen LogP contribution < -0.4 is 10.1 Å². The largest absolute Gasteiger partial charge is 0.496 e. The summed E-state index contributed by atoms with van der Waals surface area (Å²) in [6.45, 7) is 4.45. The molecule has 1 amide bonds. The van der Waals surface area contributed by atoms with E-state index in [9.17, 15) is 4.79 Å². The monoisotopic (exact) mass is 328 g/mol. The normalized spacial score (nSPS) is 21.6. The van der Waals surface area contributed by atoms with E-state index in [4.69, 9.17) is 9.47 Å². The summed E-state index contributed by atoms with van der Waals surface area (Å²) in [4.78, 5) is 14.4. The Hall–Kier alpha value is -2.11. The predicted octanol–water partition coefficient (Wildman–Crippen LogP) is 2.19. The highest BCUT2D eigenvalue weighted by Gasteiger charge is 2.38. The molecule has 1 saturated heterocycles. The molecule has 0 saturated carbocycles. The molecule has 0 aliphatic carbocycles. The Morgan fingerprint density at radius 3 is 2.88 bits per heavy atom. The molecule has 5 heteroatoms. The minimum Gasteiger partial charge on any atom is -0.496 e. The minimum absolute atomic E-state index is 0.0860. The summed E-state index contributed by atoms with van der Waals surface area (Å²) in [7, 11) is 3.34. The van der Waals surface area contributed by atoms with Crippen molar-refractivity contribution in [2.75, 3.05) is 33.9 Å². The Balaban J connectivity index is 1.90. The maximum atomic E-state index is 12.1. The number of nitrogens with zero attached hydrogens (tertiary/aromatic N) is 1. The van der Waals surface area contributed by atoms with Crippen molar-refractivity contribution in [2.24, 2.45) is 0 Å². The van der Waals surface area contributed by atoms with Crippen LogP contribution in [0, 0.1) is 0 Å². The molecular formula is C19H24N2O3. The molecule has 0 spiro atoms. The molecule has 0 radical (unpaired) electrons. The van der Waals surface area contributed by atoms with Crippen molar-refractivity contribution in [1.29, 1.82) is 0 Å². The van der Waals surface area contributed by atoms with Gasteiger partial charge in [-0.05, 0) is 23.8 Å². The van der Waals surface area contributed by atoms with Crippen LogP contribution in [0.3, 0.4) is 0 Å². The van der Waals surface area contributed by atoms with Crippen LogP contribution in [0.25, 0.3) is 10.8 Å². The van der Waals surface area contributed by atoms with E-state index < -0.39 is 5.60 Å². The van der Waals surface area contributed by atoms with Crippen molar-refractivity contribution >= 4 is 16.7 Å². The molecule has 0 aromatic heterocycles. The van der Waals surface area contributed by atoms with E-state index in [-0.39, 0.29) is 5.91 Å². The number of likely N-dealkylation sites (N-methyl/N-ethyl adjacent to an activating group) is 1. The van der Waals surface area contributed by atoms with Gasteiger partial charge in [0.05, 0.1) is 13.7 Å². The summed E-state index contributed by atoms with van der Waals surface area (Å²) in [6.07, 6.45) is 0. The zero-order chi connectivity index (χ0) is 17.2. The van der Waals surface area contributed by atoms with E-state index in [0.29, 0.717) is 13.2 Å². The zero-order valence-corrected chi connectivity index (χ0v) is 14.5. The molecule has 1 aliphatic rings. The van der Waals surface area contributed by atoms with Crippen LogP contribution in [0.1, 0.15) is 12.5 Å². The fourth-order valence-electron chi connectivity index (χ4n) is 3.38. The van der Waals surface area contributed by atoms with Gasteiger partial charge in [0, 0.05) is 32.2 Å². The molecule has 1 N–H and O–H groups in total. The van der Waals surface area contributed by atoms with Crippen LogP contribution in [0.4, 0.5) is 0 Å². The summed E-state index contributed by atoms with van der Waals surface area (Å²) in [5.41, 5.74) is 0.335. The molecule has 2 aromatic rings. The quantitative estimate of drug-likeness (QED) is 0.935. The molecule has 24 heavy (non-hydrogen) atoms. The van der Waals surface area contributed by atoms with Gasteiger partial charge in [0.2, 0.25) is 0 Å². The van der Waals surface area contributed by atoms with Crippen molar-refractivity contribution in [3.05, 3.63) is 42.0 Å². The van der Waals surface area contributed by atoms with E-state index in [0.717, 1.165) is 24.4 Å². The van der Waals surface area contributed by atoms with E-state index in [1.807, 2.05) is 25.1 Å². The van der Waals surface area contributed by atoms with Gasteiger partial charge in [0.1, 0.15) is 5.75 Å². The Kier molecular flexibility index (Phi) is 4.73. The number of hydrogen-bond donors (Lipinski definition) is 1. The molecule has 0 bridgehead atoms. The first kappa shape index (κ1) is 16.7. The van der Waals surface area contributed by atoms with Crippen LogP contribution in [0.15, 0.2) is 36.4 Å². The molecule has 3 rings (SSSR count). The number of morpholine rings is 1. The number of hydrogen-bond acceptors (Lipinski definition) is 4. The molecule has 1 fully saturated rings. The van der Waals surface area contributed by atoms with Gasteiger partial charge in [-0.25, -0.2) is 0 Å². The highest BCUT2D eigenvalue weighted by atomic mass is 16.5. The van der Waals surface area contributed by atoms with Crippen molar-refractivity contribution < 1.29 is 14.3 Å². The van der Waals surface area contributed by atoms with Gasteiger partial charge in [-0.1, -0.05) is 30.3 Å². The van der Waals surface area contributed by atoms with Gasteiger partial charge in [0.15, 0.2) is 5.60 Å². The van der Waals surface area contributed by atoms with Crippen LogP contribution in [0.2, 0.25) is 0 Å². The van der Waals surface area contributed by atoms with Crippen molar-refractivity contribution in [2.45, 2.75) is 19.1 Å². The number of benzene rings is 2. The maximum absolute atomic E-state index is 12.1. The SMILES string of the molecule is CNC(=O)C1(C)CN(Cc2c(OC)ccc3ccccc23)CCO1. The highest BCUT2D eigenvalue weighted by Crippen LogP contribution is 2.30. The van der Waals surface area contributed by atoms with E-state index in [1.54, 1.807) is 14.2 Å². The lowest BCUT2D eigenvalue weighted by molar-refractivity contribution is -0.156. The number of fused-ring (bicyclic) bond motifs is 1. The lowest BCUT2D eigenvalue weighted by Gasteiger charge is -2.39. The third-order valence-corrected chi connectivity index (χ3v) is 4.66. The second-order valence-corrected chi connectivity index (χ2v) is 6.34. The molecule has 1 atom stereocenters. The summed E-state index contributed by atoms with van der Waals surface area (Å²) >= 11 is 0. The number of rotatable bonds is 4. The molecule has 1 heterocycles. The summed E-state index contributed by atoms with van der Waals surface area (Å²) in [5.74, 6) is 0.791. The Bertz CT molecular complexity index is 746. The predicted molar refractivity (Wildman–Crippen MR) is 94.2 cm³/mol. The number of carbonyl (C=O) groups excluding carboxylic acids is 1. The maximum Gasteiger partial charge on any atom is 0.253 e. The van der Waals surface area contributed by atoms with E-state index in [2.05, 4.69) is 28.4 Å². The third-order valence-electron chi connectivity index (χ3n) is 4.66. The van der Waals surface area contributed by atoms with Crippen LogP contribution >= 0.6 is 0 Å². The molecule has 2 aromatic carbocycles. The van der Waals surface area contributed by atoms with Crippen molar-refractivity contribution in [1.82, 2.24) is 10.2 Å². The van der Waals surface area contributed by atoms with Gasteiger partial charge < -0.3 is 14.8 Å². The van der Waals surface area contributed by atoms with Gasteiger partial charge >= 0.3 is 0 Å². The Morgan fingerprint density at radius 1 is 1.33 bits per heavy atom. The number of methoxy groups -OCH3 is 1. The van der Waals surface area contributed by atoms with Gasteiger partial charge in [-0.2, -0.15) is 0 Å². The van der Waals surface area contributed by atoms with Crippen molar-refractivity contribution in [3.63, 3.8) is 0 Å². The average Bonchev–Trinajstić information content (AvgIpc) is 2.61. The summed E-state index contributed by atoms with van der Waals surface area (Å²) in [5, 5.41) is 5.07. The van der Waals surface area contributed by atoms with Crippen LogP contribution in [-0.4, -0.2) is 50.3 Å². The molecule has 1 aliphatic heterocycles. The topological polar surface area (TPSA) is 50.8 Å². The average molecular weight is 328 g/mol. The van der Waals surface area contributed by atoms with Gasteiger partial charge in [-0.15, -0.1) is 0 Å². The summed E-state index contributed by atoms with van der Waals surface area (Å²) < 4.78 is 11.3. The third kappa shape index (κ3) is 3.09. The summed E-state index contributed by atoms with van der Waals surface area (Å²) in [6, 6.07) is 12.4. The number of carbonyl (C=O) groups is 1. The molecule has 5 nitrogen and oxygen atoms in total. The number of nitrogens with one attached hydrogen (secondary N) is 1. The van der Waals surface area contributed by atoms with Crippen molar-refractivity contribution in [3.8, 4) is 5.75 Å². The van der Waals surface area contributed by atoms with Gasteiger partial charge in [-0.3, -0.25) is 9.69 Å². The van der Waals surface area contributed by atoms with Gasteiger partial charge in [0.25, 0.3) is 5.91 Å². The fourth-order valence-corrected chi connectivity index (χ4v) is 3.38. The van der Waals surface area contributed by atoms with E-state index >= 15 is 0 Å². The zero-order valence-electron chi connectivity index (χ0n) is 14.5. The minimum atomic E-state index is -0.815. The first-order chi connectivity index (χ1) is 11.6. The molecule has 1 unspecified atom stereocenters. The lowest BCUT2D eigenvalue weighted by atomic mass is 10.00. The lowest BCUT2D eigenvalue weighted by Crippen LogP contribution is -2.57. The number of ether oxygens (including phenoxy) is 2. The Morgan fingerprint density at radius 2 is 2.12 bits per heavy atom. The van der Waals surface area contributed by atoms with E-state index in [1.165, 1.54) is 10.8 Å². The first-order valence-electron chi connectivity index (χ1n) is 8.20. The first-order valence-corrected chi connectivity index (χ1v) is 8.20. The van der Waals surface area contributed by atoms with Crippen LogP contribution in [-0.2, 0) is 16.1 Å². The second kappa shape index (κ2) is 6.79. The fraction of sp³-hybridized carbons (Fsp3) is 0.421. The second-order valence-electron chi connectivity index (χ2n) is 6.34. The smallest absolute Gasteiger partial charge is 0.253 e. The molecular weight excluding hydrogens is 304 g/mol. The van der Waals surface area contributed by atoms with Crippen LogP contribution in [0.5, 0.6) is 5.75 Å². The molecule has 128 valence electrons. The standard InChI is InChI=1S/C19H24N2O3/c1-19(18(22)20-2)13-21(10-11-24-19)12-16-15-7-5-4-6-14(15)8-9-17(16)23-3/h4-9H,10-13H2,1-3H3,(H,20,22). The number of amides is 1.